The van der Waals surface area contributed by atoms with Crippen molar-refractivity contribution in [1.29, 1.82) is 0 Å². The number of urea groups is 1. The Labute approximate surface area is 116 Å². The molecule has 2 amide bonds. The van der Waals surface area contributed by atoms with Gasteiger partial charge in [-0.15, -0.1) is 5.10 Å². The van der Waals surface area contributed by atoms with Crippen LogP contribution in [0.5, 0.6) is 0 Å². The molecule has 0 saturated heterocycles. The number of benzene rings is 1. The first-order valence-electron chi connectivity index (χ1n) is 6.28. The van der Waals surface area contributed by atoms with E-state index in [-0.39, 0.29) is 12.6 Å². The van der Waals surface area contributed by atoms with Gasteiger partial charge in [0.1, 0.15) is 0 Å². The number of amides is 2. The van der Waals surface area contributed by atoms with Crippen molar-refractivity contribution in [1.82, 2.24) is 15.5 Å². The Morgan fingerprint density at radius 2 is 2.00 bits per heavy atom. The molecule has 2 aromatic rings. The van der Waals surface area contributed by atoms with Crippen LogP contribution in [-0.4, -0.2) is 34.0 Å². The van der Waals surface area contributed by atoms with Crippen LogP contribution in [-0.2, 0) is 6.42 Å². The highest BCUT2D eigenvalue weighted by atomic mass is 16.3. The molecule has 0 aliphatic heterocycles. The highest BCUT2D eigenvalue weighted by Gasteiger charge is 2.12. The maximum Gasteiger partial charge on any atom is 0.320 e. The van der Waals surface area contributed by atoms with Crippen molar-refractivity contribution in [2.24, 2.45) is 0 Å². The van der Waals surface area contributed by atoms with Gasteiger partial charge in [0.25, 0.3) is 0 Å². The Balaban J connectivity index is 1.88. The van der Waals surface area contributed by atoms with Crippen LogP contribution < -0.4 is 10.6 Å². The number of aliphatic hydroxyl groups excluding tert-OH is 1. The highest BCUT2D eigenvalue weighted by Crippen LogP contribution is 2.03. The van der Waals surface area contributed by atoms with Gasteiger partial charge in [0.15, 0.2) is 5.82 Å². The first-order valence-corrected chi connectivity index (χ1v) is 6.28. The molecule has 6 nitrogen and oxygen atoms in total. The average molecular weight is 272 g/mol. The number of aromatic nitrogens is 2. The number of anilines is 1. The van der Waals surface area contributed by atoms with Crippen molar-refractivity contribution in [3.8, 4) is 0 Å². The number of hydrogen-bond donors (Lipinski definition) is 3. The van der Waals surface area contributed by atoms with E-state index in [0.29, 0.717) is 12.2 Å². The number of rotatable bonds is 5. The van der Waals surface area contributed by atoms with Gasteiger partial charge in [0, 0.05) is 6.20 Å². The lowest BCUT2D eigenvalue weighted by Gasteiger charge is -2.16. The van der Waals surface area contributed by atoms with E-state index in [9.17, 15) is 9.90 Å². The summed E-state index contributed by atoms with van der Waals surface area (Å²) in [5, 5.41) is 22.0. The monoisotopic (exact) mass is 272 g/mol. The maximum absolute atomic E-state index is 11.8. The van der Waals surface area contributed by atoms with E-state index in [4.69, 9.17) is 0 Å². The summed E-state index contributed by atoms with van der Waals surface area (Å²) in [6.07, 6.45) is 2.08. The lowest BCUT2D eigenvalue weighted by atomic mass is 10.1. The Bertz CT molecular complexity index is 533. The molecule has 0 bridgehead atoms. The Kier molecular flexibility index (Phi) is 5.02. The zero-order valence-corrected chi connectivity index (χ0v) is 10.9. The fourth-order valence-corrected chi connectivity index (χ4v) is 1.77. The fraction of sp³-hybridized carbons (Fsp3) is 0.214. The summed E-state index contributed by atoms with van der Waals surface area (Å²) in [5.74, 6) is 0.362. The van der Waals surface area contributed by atoms with E-state index < -0.39 is 6.03 Å². The van der Waals surface area contributed by atoms with Crippen LogP contribution in [0.3, 0.4) is 0 Å². The fourth-order valence-electron chi connectivity index (χ4n) is 1.77. The van der Waals surface area contributed by atoms with Crippen molar-refractivity contribution < 1.29 is 9.90 Å². The molecule has 1 aromatic heterocycles. The second-order valence-electron chi connectivity index (χ2n) is 4.28. The minimum Gasteiger partial charge on any atom is -0.394 e. The number of nitrogens with zero attached hydrogens (tertiary/aromatic N) is 2. The molecule has 1 atom stereocenters. The minimum atomic E-state index is -0.416. The standard InChI is InChI=1S/C14H16N4O2/c19-10-12(9-11-5-2-1-3-6-11)16-14(20)17-13-7-4-8-15-18-13/h1-8,12,19H,9-10H2,(H2,16,17,18,20). The minimum absolute atomic E-state index is 0.136. The zero-order chi connectivity index (χ0) is 14.2. The molecule has 3 N–H and O–H groups in total. The van der Waals surface area contributed by atoms with Crippen LogP contribution >= 0.6 is 0 Å². The molecular weight excluding hydrogens is 256 g/mol. The third kappa shape index (κ3) is 4.33. The summed E-state index contributed by atoms with van der Waals surface area (Å²) in [5.41, 5.74) is 1.05. The zero-order valence-electron chi connectivity index (χ0n) is 10.9. The van der Waals surface area contributed by atoms with E-state index in [1.807, 2.05) is 30.3 Å². The molecule has 0 aliphatic carbocycles. The van der Waals surface area contributed by atoms with E-state index in [1.54, 1.807) is 12.1 Å². The first-order chi connectivity index (χ1) is 9.78. The van der Waals surface area contributed by atoms with E-state index in [0.717, 1.165) is 5.56 Å². The van der Waals surface area contributed by atoms with Gasteiger partial charge in [-0.3, -0.25) is 5.32 Å². The SMILES string of the molecule is O=C(Nc1cccnn1)NC(CO)Cc1ccccc1. The molecule has 0 spiro atoms. The molecule has 2 rings (SSSR count). The normalized spacial score (nSPS) is 11.7. The van der Waals surface area contributed by atoms with Gasteiger partial charge in [0.05, 0.1) is 12.6 Å². The van der Waals surface area contributed by atoms with Gasteiger partial charge in [-0.2, -0.15) is 5.10 Å². The van der Waals surface area contributed by atoms with Crippen molar-refractivity contribution in [3.63, 3.8) is 0 Å². The third-order valence-corrected chi connectivity index (χ3v) is 2.69. The Hall–Kier alpha value is -2.47. The summed E-state index contributed by atoms with van der Waals surface area (Å²) in [6, 6.07) is 12.2. The van der Waals surface area contributed by atoms with E-state index >= 15 is 0 Å². The smallest absolute Gasteiger partial charge is 0.320 e. The van der Waals surface area contributed by atoms with Crippen LogP contribution in [0.25, 0.3) is 0 Å². The number of hydrogen-bond acceptors (Lipinski definition) is 4. The molecule has 1 unspecified atom stereocenters. The van der Waals surface area contributed by atoms with Crippen LogP contribution in [0, 0.1) is 0 Å². The Morgan fingerprint density at radius 3 is 2.65 bits per heavy atom. The second-order valence-corrected chi connectivity index (χ2v) is 4.28. The summed E-state index contributed by atoms with van der Waals surface area (Å²) < 4.78 is 0. The van der Waals surface area contributed by atoms with Crippen molar-refractivity contribution in [2.75, 3.05) is 11.9 Å². The van der Waals surface area contributed by atoms with Crippen LogP contribution in [0.1, 0.15) is 5.56 Å². The number of carbonyl (C=O) groups excluding carboxylic acids is 1. The van der Waals surface area contributed by atoms with Gasteiger partial charge in [-0.05, 0) is 24.1 Å². The van der Waals surface area contributed by atoms with Crippen LogP contribution in [0.2, 0.25) is 0 Å². The van der Waals surface area contributed by atoms with Crippen LogP contribution in [0.4, 0.5) is 10.6 Å². The van der Waals surface area contributed by atoms with Crippen molar-refractivity contribution in [2.45, 2.75) is 12.5 Å². The molecule has 104 valence electrons. The van der Waals surface area contributed by atoms with Crippen molar-refractivity contribution in [3.05, 3.63) is 54.2 Å². The molecule has 6 heteroatoms. The number of nitrogens with one attached hydrogen (secondary N) is 2. The molecule has 0 aliphatic rings. The van der Waals surface area contributed by atoms with Gasteiger partial charge in [0.2, 0.25) is 0 Å². The predicted octanol–water partition coefficient (Wildman–Crippen LogP) is 1.20. The molecule has 1 heterocycles. The van der Waals surface area contributed by atoms with E-state index in [1.165, 1.54) is 6.20 Å². The van der Waals surface area contributed by atoms with Gasteiger partial charge < -0.3 is 10.4 Å². The lowest BCUT2D eigenvalue weighted by molar-refractivity contribution is 0.224. The predicted molar refractivity (Wildman–Crippen MR) is 75.2 cm³/mol. The number of aliphatic hydroxyl groups is 1. The Morgan fingerprint density at radius 1 is 1.20 bits per heavy atom. The van der Waals surface area contributed by atoms with Gasteiger partial charge in [-0.25, -0.2) is 4.79 Å². The summed E-state index contributed by atoms with van der Waals surface area (Å²) in [6.45, 7) is -0.136. The summed E-state index contributed by atoms with van der Waals surface area (Å²) in [7, 11) is 0. The largest absolute Gasteiger partial charge is 0.394 e. The molecule has 0 saturated carbocycles. The maximum atomic E-state index is 11.8. The second kappa shape index (κ2) is 7.20. The quantitative estimate of drug-likeness (QED) is 0.763. The molecule has 1 aromatic carbocycles. The summed E-state index contributed by atoms with van der Waals surface area (Å²) >= 11 is 0. The number of carbonyl (C=O) groups is 1. The molecular formula is C14H16N4O2. The summed E-state index contributed by atoms with van der Waals surface area (Å²) in [4.78, 5) is 11.8. The lowest BCUT2D eigenvalue weighted by Crippen LogP contribution is -2.41. The molecule has 20 heavy (non-hydrogen) atoms. The topological polar surface area (TPSA) is 87.1 Å². The average Bonchev–Trinajstić information content (AvgIpc) is 2.48. The molecule has 0 fully saturated rings. The van der Waals surface area contributed by atoms with Crippen LogP contribution in [0.15, 0.2) is 48.7 Å². The van der Waals surface area contributed by atoms with E-state index in [2.05, 4.69) is 20.8 Å². The van der Waals surface area contributed by atoms with Crippen molar-refractivity contribution >= 4 is 11.8 Å². The van der Waals surface area contributed by atoms with Gasteiger partial charge in [-0.1, -0.05) is 30.3 Å². The highest BCUT2D eigenvalue weighted by molar-refractivity contribution is 5.88. The van der Waals surface area contributed by atoms with Gasteiger partial charge >= 0.3 is 6.03 Å². The third-order valence-electron chi connectivity index (χ3n) is 2.69. The first kappa shape index (κ1) is 14.0. The molecule has 0 radical (unpaired) electrons.